The largest absolute Gasteiger partial charge is 0.383 e. The highest BCUT2D eigenvalue weighted by Crippen LogP contribution is 2.17. The summed E-state index contributed by atoms with van der Waals surface area (Å²) < 4.78 is 5.15. The first kappa shape index (κ1) is 13.6. The third-order valence-electron chi connectivity index (χ3n) is 2.65. The van der Waals surface area contributed by atoms with Crippen LogP contribution in [0.5, 0.6) is 0 Å². The summed E-state index contributed by atoms with van der Waals surface area (Å²) in [5.41, 5.74) is 1.18. The van der Waals surface area contributed by atoms with Crippen molar-refractivity contribution in [1.29, 1.82) is 0 Å². The van der Waals surface area contributed by atoms with Gasteiger partial charge in [-0.1, -0.05) is 6.92 Å². The monoisotopic (exact) mass is 242 g/mol. The lowest BCUT2D eigenvalue weighted by molar-refractivity contribution is 0.165. The first-order valence-corrected chi connectivity index (χ1v) is 6.64. The predicted octanol–water partition coefficient (Wildman–Crippen LogP) is 2.32. The number of nitrogens with one attached hydrogen (secondary N) is 1. The Morgan fingerprint density at radius 1 is 1.44 bits per heavy atom. The summed E-state index contributed by atoms with van der Waals surface area (Å²) in [7, 11) is 1.75. The second-order valence-corrected chi connectivity index (χ2v) is 5.29. The number of nitrogens with zero attached hydrogens (tertiary/aromatic N) is 1. The van der Waals surface area contributed by atoms with Gasteiger partial charge in [-0.05, 0) is 26.7 Å². The predicted molar refractivity (Wildman–Crippen MR) is 69.2 cm³/mol. The maximum absolute atomic E-state index is 5.15. The molecule has 1 N–H and O–H groups in total. The summed E-state index contributed by atoms with van der Waals surface area (Å²) in [4.78, 5) is 5.83. The van der Waals surface area contributed by atoms with Crippen molar-refractivity contribution in [3.8, 4) is 0 Å². The second-order valence-electron chi connectivity index (χ2n) is 4.01. The van der Waals surface area contributed by atoms with Crippen LogP contribution in [0.3, 0.4) is 0 Å². The zero-order chi connectivity index (χ0) is 12.0. The molecule has 0 aliphatic heterocycles. The third kappa shape index (κ3) is 4.20. The van der Waals surface area contributed by atoms with Gasteiger partial charge < -0.3 is 10.1 Å². The van der Waals surface area contributed by atoms with Crippen LogP contribution in [-0.2, 0) is 11.2 Å². The van der Waals surface area contributed by atoms with Crippen LogP contribution in [0.15, 0.2) is 0 Å². The fraction of sp³-hybridized carbons (Fsp3) is 0.750. The number of rotatable bonds is 7. The Kier molecular flexibility index (Phi) is 5.95. The van der Waals surface area contributed by atoms with Gasteiger partial charge >= 0.3 is 0 Å². The molecular formula is C12H22N2OS. The van der Waals surface area contributed by atoms with Gasteiger partial charge in [0.05, 0.1) is 17.3 Å². The summed E-state index contributed by atoms with van der Waals surface area (Å²) in [5, 5.41) is 4.67. The van der Waals surface area contributed by atoms with E-state index in [0.29, 0.717) is 6.04 Å². The van der Waals surface area contributed by atoms with Gasteiger partial charge in [-0.3, -0.25) is 0 Å². The molecule has 1 atom stereocenters. The lowest BCUT2D eigenvalue weighted by atomic mass is 10.2. The van der Waals surface area contributed by atoms with E-state index in [0.717, 1.165) is 31.0 Å². The zero-order valence-corrected chi connectivity index (χ0v) is 11.5. The standard InChI is InChI=1S/C12H22N2OS/c1-5-11(8-15-4)13-7-6-12-9(2)14-10(3)16-12/h11,13H,5-8H2,1-4H3/t11-/m0/s1. The highest BCUT2D eigenvalue weighted by molar-refractivity contribution is 7.11. The Hall–Kier alpha value is -0.450. The van der Waals surface area contributed by atoms with Crippen LogP contribution in [0.4, 0.5) is 0 Å². The lowest BCUT2D eigenvalue weighted by Gasteiger charge is -2.15. The van der Waals surface area contributed by atoms with E-state index < -0.39 is 0 Å². The number of ether oxygens (including phenoxy) is 1. The molecular weight excluding hydrogens is 220 g/mol. The maximum Gasteiger partial charge on any atom is 0.0900 e. The van der Waals surface area contributed by atoms with Gasteiger partial charge in [0.2, 0.25) is 0 Å². The topological polar surface area (TPSA) is 34.1 Å². The van der Waals surface area contributed by atoms with Crippen LogP contribution in [0, 0.1) is 13.8 Å². The number of methoxy groups -OCH3 is 1. The first-order chi connectivity index (χ1) is 7.67. The van der Waals surface area contributed by atoms with Crippen molar-refractivity contribution in [2.75, 3.05) is 20.3 Å². The Morgan fingerprint density at radius 2 is 2.19 bits per heavy atom. The third-order valence-corrected chi connectivity index (χ3v) is 3.78. The number of thiazole rings is 1. The minimum absolute atomic E-state index is 0.472. The Morgan fingerprint density at radius 3 is 2.69 bits per heavy atom. The molecule has 0 aliphatic rings. The van der Waals surface area contributed by atoms with Gasteiger partial charge in [0.1, 0.15) is 0 Å². The van der Waals surface area contributed by atoms with Gasteiger partial charge in [-0.25, -0.2) is 4.98 Å². The molecule has 0 amide bonds. The molecule has 1 aromatic rings. The first-order valence-electron chi connectivity index (χ1n) is 5.82. The van der Waals surface area contributed by atoms with Gasteiger partial charge in [-0.15, -0.1) is 11.3 Å². The molecule has 1 heterocycles. The lowest BCUT2D eigenvalue weighted by Crippen LogP contribution is -2.33. The average molecular weight is 242 g/mol. The highest BCUT2D eigenvalue weighted by Gasteiger charge is 2.07. The smallest absolute Gasteiger partial charge is 0.0900 e. The van der Waals surface area contributed by atoms with E-state index in [1.165, 1.54) is 10.6 Å². The molecule has 4 heteroatoms. The normalized spacial score (nSPS) is 13.0. The molecule has 1 aromatic heterocycles. The molecule has 92 valence electrons. The van der Waals surface area contributed by atoms with Crippen molar-refractivity contribution in [2.45, 2.75) is 39.7 Å². The molecule has 0 aliphatic carbocycles. The van der Waals surface area contributed by atoms with Gasteiger partial charge in [0, 0.05) is 24.6 Å². The van der Waals surface area contributed by atoms with Crippen LogP contribution in [0.1, 0.15) is 28.9 Å². The molecule has 0 saturated heterocycles. The Balaban J connectivity index is 2.32. The summed E-state index contributed by atoms with van der Waals surface area (Å²) >= 11 is 1.80. The van der Waals surface area contributed by atoms with E-state index in [9.17, 15) is 0 Å². The molecule has 3 nitrogen and oxygen atoms in total. The van der Waals surface area contributed by atoms with Crippen LogP contribution >= 0.6 is 11.3 Å². The summed E-state index contributed by atoms with van der Waals surface area (Å²) in [6, 6.07) is 0.472. The Labute approximate surface area is 102 Å². The summed E-state index contributed by atoms with van der Waals surface area (Å²) in [5.74, 6) is 0. The molecule has 16 heavy (non-hydrogen) atoms. The SMILES string of the molecule is CC[C@@H](COC)NCCc1sc(C)nc1C. The van der Waals surface area contributed by atoms with E-state index in [1.807, 2.05) is 0 Å². The average Bonchev–Trinajstić information content (AvgIpc) is 2.56. The van der Waals surface area contributed by atoms with Crippen molar-refractivity contribution >= 4 is 11.3 Å². The van der Waals surface area contributed by atoms with Gasteiger partial charge in [0.25, 0.3) is 0 Å². The van der Waals surface area contributed by atoms with Crippen LogP contribution in [0.2, 0.25) is 0 Å². The van der Waals surface area contributed by atoms with Gasteiger partial charge in [-0.2, -0.15) is 0 Å². The van der Waals surface area contributed by atoms with Crippen LogP contribution in [0.25, 0.3) is 0 Å². The quantitative estimate of drug-likeness (QED) is 0.797. The molecule has 0 saturated carbocycles. The van der Waals surface area contributed by atoms with Crippen molar-refractivity contribution in [3.63, 3.8) is 0 Å². The molecule has 0 aromatic carbocycles. The fourth-order valence-corrected chi connectivity index (χ4v) is 2.65. The van der Waals surface area contributed by atoms with E-state index in [-0.39, 0.29) is 0 Å². The maximum atomic E-state index is 5.15. The Bertz CT molecular complexity index is 312. The molecule has 0 fully saturated rings. The van der Waals surface area contributed by atoms with Crippen molar-refractivity contribution in [2.24, 2.45) is 0 Å². The van der Waals surface area contributed by atoms with Crippen molar-refractivity contribution < 1.29 is 4.74 Å². The summed E-state index contributed by atoms with van der Waals surface area (Å²) in [6.07, 6.45) is 2.17. The minimum atomic E-state index is 0.472. The fourth-order valence-electron chi connectivity index (χ4n) is 1.72. The number of aryl methyl sites for hydroxylation is 2. The number of hydrogen-bond donors (Lipinski definition) is 1. The van der Waals surface area contributed by atoms with E-state index in [4.69, 9.17) is 4.74 Å². The zero-order valence-electron chi connectivity index (χ0n) is 10.7. The van der Waals surface area contributed by atoms with E-state index >= 15 is 0 Å². The highest BCUT2D eigenvalue weighted by atomic mass is 32.1. The second kappa shape index (κ2) is 6.99. The minimum Gasteiger partial charge on any atom is -0.383 e. The van der Waals surface area contributed by atoms with Crippen LogP contribution < -0.4 is 5.32 Å². The summed E-state index contributed by atoms with van der Waals surface area (Å²) in [6.45, 7) is 8.12. The molecule has 0 radical (unpaired) electrons. The van der Waals surface area contributed by atoms with Crippen LogP contribution in [-0.4, -0.2) is 31.3 Å². The molecule has 1 rings (SSSR count). The van der Waals surface area contributed by atoms with Gasteiger partial charge in [0.15, 0.2) is 0 Å². The van der Waals surface area contributed by atoms with E-state index in [2.05, 4.69) is 31.1 Å². The number of aromatic nitrogens is 1. The van der Waals surface area contributed by atoms with E-state index in [1.54, 1.807) is 18.4 Å². The molecule has 0 bridgehead atoms. The number of hydrogen-bond acceptors (Lipinski definition) is 4. The van der Waals surface area contributed by atoms with Crippen molar-refractivity contribution in [1.82, 2.24) is 10.3 Å². The van der Waals surface area contributed by atoms with Crippen molar-refractivity contribution in [3.05, 3.63) is 15.6 Å². The molecule has 0 spiro atoms. The molecule has 0 unspecified atom stereocenters.